The minimum atomic E-state index is 0.722. The van der Waals surface area contributed by atoms with Crippen molar-refractivity contribution in [3.05, 3.63) is 47.6 Å². The van der Waals surface area contributed by atoms with Gasteiger partial charge in [0.2, 0.25) is 0 Å². The van der Waals surface area contributed by atoms with Crippen molar-refractivity contribution >= 4 is 22.2 Å². The van der Waals surface area contributed by atoms with Crippen LogP contribution in [0.25, 0.3) is 21.5 Å². The van der Waals surface area contributed by atoms with Crippen LogP contribution in [0.2, 0.25) is 0 Å². The first kappa shape index (κ1) is 12.0. The standard InChI is InChI=1S/C16H15N3S/c1-3-11-4-2-8-17-15(11)14(5-1)16-19-13(10-20-16)9-18-12-6-7-12/h1-5,8,10,12,18H,6-7,9H2. The summed E-state index contributed by atoms with van der Waals surface area (Å²) >= 11 is 1.70. The molecule has 0 aliphatic heterocycles. The molecule has 1 saturated carbocycles. The van der Waals surface area contributed by atoms with Crippen LogP contribution in [0.3, 0.4) is 0 Å². The van der Waals surface area contributed by atoms with Crippen molar-refractivity contribution in [1.29, 1.82) is 0 Å². The molecule has 2 aromatic heterocycles. The van der Waals surface area contributed by atoms with E-state index >= 15 is 0 Å². The third-order valence-corrected chi connectivity index (χ3v) is 4.49. The average Bonchev–Trinajstić information content (AvgIpc) is 3.21. The first-order valence-corrected chi connectivity index (χ1v) is 7.80. The molecule has 4 rings (SSSR count). The summed E-state index contributed by atoms with van der Waals surface area (Å²) in [7, 11) is 0. The minimum Gasteiger partial charge on any atom is -0.308 e. The second-order valence-corrected chi connectivity index (χ2v) is 6.04. The molecule has 0 saturated heterocycles. The Labute approximate surface area is 121 Å². The summed E-state index contributed by atoms with van der Waals surface area (Å²) < 4.78 is 0. The van der Waals surface area contributed by atoms with Gasteiger partial charge in [0, 0.05) is 35.1 Å². The van der Waals surface area contributed by atoms with Crippen LogP contribution in [-0.2, 0) is 6.54 Å². The van der Waals surface area contributed by atoms with Gasteiger partial charge in [-0.2, -0.15) is 0 Å². The number of nitrogens with one attached hydrogen (secondary N) is 1. The van der Waals surface area contributed by atoms with Crippen LogP contribution in [0, 0.1) is 0 Å². The number of aromatic nitrogens is 2. The Morgan fingerprint density at radius 3 is 3.00 bits per heavy atom. The maximum Gasteiger partial charge on any atom is 0.125 e. The van der Waals surface area contributed by atoms with Crippen LogP contribution in [0.1, 0.15) is 18.5 Å². The van der Waals surface area contributed by atoms with E-state index in [2.05, 4.69) is 39.9 Å². The molecule has 0 spiro atoms. The van der Waals surface area contributed by atoms with Crippen molar-refractivity contribution in [3.8, 4) is 10.6 Å². The number of benzene rings is 1. The molecule has 20 heavy (non-hydrogen) atoms. The molecule has 0 atom stereocenters. The van der Waals surface area contributed by atoms with E-state index in [4.69, 9.17) is 4.98 Å². The van der Waals surface area contributed by atoms with Crippen LogP contribution in [0.4, 0.5) is 0 Å². The topological polar surface area (TPSA) is 37.8 Å². The zero-order valence-electron chi connectivity index (χ0n) is 11.0. The Hall–Kier alpha value is -1.78. The summed E-state index contributed by atoms with van der Waals surface area (Å²) in [5.74, 6) is 0. The van der Waals surface area contributed by atoms with Crippen LogP contribution in [0.5, 0.6) is 0 Å². The molecule has 1 aliphatic rings. The second kappa shape index (κ2) is 4.96. The molecule has 1 aliphatic carbocycles. The van der Waals surface area contributed by atoms with E-state index in [1.807, 2.05) is 12.3 Å². The predicted molar refractivity (Wildman–Crippen MR) is 82.7 cm³/mol. The van der Waals surface area contributed by atoms with Gasteiger partial charge in [-0.3, -0.25) is 4.98 Å². The van der Waals surface area contributed by atoms with Gasteiger partial charge in [0.25, 0.3) is 0 Å². The van der Waals surface area contributed by atoms with Gasteiger partial charge in [0.05, 0.1) is 11.2 Å². The summed E-state index contributed by atoms with van der Waals surface area (Å²) in [5, 5.41) is 7.87. The van der Waals surface area contributed by atoms with E-state index in [9.17, 15) is 0 Å². The van der Waals surface area contributed by atoms with Gasteiger partial charge in [0.1, 0.15) is 5.01 Å². The molecule has 1 fully saturated rings. The number of rotatable bonds is 4. The first-order chi connectivity index (χ1) is 9.90. The number of hydrogen-bond donors (Lipinski definition) is 1. The van der Waals surface area contributed by atoms with E-state index in [1.54, 1.807) is 11.3 Å². The number of nitrogens with zero attached hydrogens (tertiary/aromatic N) is 2. The Morgan fingerprint density at radius 1 is 1.20 bits per heavy atom. The maximum atomic E-state index is 4.75. The zero-order chi connectivity index (χ0) is 13.4. The van der Waals surface area contributed by atoms with Crippen molar-refractivity contribution < 1.29 is 0 Å². The lowest BCUT2D eigenvalue weighted by Gasteiger charge is -2.02. The van der Waals surface area contributed by atoms with Crippen molar-refractivity contribution in [2.45, 2.75) is 25.4 Å². The fourth-order valence-corrected chi connectivity index (χ4v) is 3.17. The van der Waals surface area contributed by atoms with E-state index < -0.39 is 0 Å². The highest BCUT2D eigenvalue weighted by Gasteiger charge is 2.20. The van der Waals surface area contributed by atoms with Crippen molar-refractivity contribution in [1.82, 2.24) is 15.3 Å². The van der Waals surface area contributed by atoms with E-state index in [-0.39, 0.29) is 0 Å². The minimum absolute atomic E-state index is 0.722. The highest BCUT2D eigenvalue weighted by Crippen LogP contribution is 2.29. The number of para-hydroxylation sites is 1. The molecule has 1 aromatic carbocycles. The van der Waals surface area contributed by atoms with Gasteiger partial charge >= 0.3 is 0 Å². The van der Waals surface area contributed by atoms with Gasteiger partial charge < -0.3 is 5.32 Å². The lowest BCUT2D eigenvalue weighted by molar-refractivity contribution is 0.678. The Balaban J connectivity index is 1.67. The average molecular weight is 281 g/mol. The highest BCUT2D eigenvalue weighted by atomic mass is 32.1. The van der Waals surface area contributed by atoms with Crippen LogP contribution < -0.4 is 5.32 Å². The quantitative estimate of drug-likeness (QED) is 0.794. The fourth-order valence-electron chi connectivity index (χ4n) is 2.33. The predicted octanol–water partition coefficient (Wildman–Crippen LogP) is 3.61. The molecule has 1 N–H and O–H groups in total. The second-order valence-electron chi connectivity index (χ2n) is 5.18. The van der Waals surface area contributed by atoms with E-state index in [1.165, 1.54) is 12.8 Å². The normalized spacial score (nSPS) is 14.8. The molecule has 100 valence electrons. The van der Waals surface area contributed by atoms with Gasteiger partial charge in [-0.1, -0.05) is 18.2 Å². The number of pyridine rings is 1. The van der Waals surface area contributed by atoms with Crippen LogP contribution in [0.15, 0.2) is 41.9 Å². The lowest BCUT2D eigenvalue weighted by Crippen LogP contribution is -2.15. The maximum absolute atomic E-state index is 4.75. The number of hydrogen-bond acceptors (Lipinski definition) is 4. The molecule has 3 aromatic rings. The molecule has 3 nitrogen and oxygen atoms in total. The fraction of sp³-hybridized carbons (Fsp3) is 0.250. The monoisotopic (exact) mass is 281 g/mol. The van der Waals surface area contributed by atoms with Crippen molar-refractivity contribution in [2.75, 3.05) is 0 Å². The number of thiazole rings is 1. The van der Waals surface area contributed by atoms with Gasteiger partial charge in [-0.15, -0.1) is 11.3 Å². The molecule has 2 heterocycles. The Morgan fingerprint density at radius 2 is 2.10 bits per heavy atom. The zero-order valence-corrected chi connectivity index (χ0v) is 11.9. The molecule has 0 bridgehead atoms. The van der Waals surface area contributed by atoms with Crippen LogP contribution >= 0.6 is 11.3 Å². The summed E-state index contributed by atoms with van der Waals surface area (Å²) in [6, 6.07) is 11.1. The molecule has 4 heteroatoms. The van der Waals surface area contributed by atoms with E-state index in [0.717, 1.165) is 39.8 Å². The Bertz CT molecular complexity index is 741. The SMILES string of the molecule is c1cnc2c(-c3nc(CNC4CC4)cs3)cccc2c1. The van der Waals surface area contributed by atoms with Gasteiger partial charge in [0.15, 0.2) is 0 Å². The summed E-state index contributed by atoms with van der Waals surface area (Å²) in [6.45, 7) is 0.874. The van der Waals surface area contributed by atoms with Crippen LogP contribution in [-0.4, -0.2) is 16.0 Å². The third kappa shape index (κ3) is 2.32. The molecular weight excluding hydrogens is 266 g/mol. The summed E-state index contributed by atoms with van der Waals surface area (Å²) in [4.78, 5) is 9.25. The third-order valence-electron chi connectivity index (χ3n) is 3.56. The molecule has 0 unspecified atom stereocenters. The smallest absolute Gasteiger partial charge is 0.125 e. The first-order valence-electron chi connectivity index (χ1n) is 6.92. The molecular formula is C16H15N3S. The largest absolute Gasteiger partial charge is 0.308 e. The Kier molecular flexibility index (Phi) is 2.98. The van der Waals surface area contributed by atoms with Gasteiger partial charge in [-0.05, 0) is 25.0 Å². The van der Waals surface area contributed by atoms with Crippen molar-refractivity contribution in [3.63, 3.8) is 0 Å². The van der Waals surface area contributed by atoms with E-state index in [0.29, 0.717) is 0 Å². The lowest BCUT2D eigenvalue weighted by atomic mass is 10.1. The summed E-state index contributed by atoms with van der Waals surface area (Å²) in [6.07, 6.45) is 4.46. The van der Waals surface area contributed by atoms with Gasteiger partial charge in [-0.25, -0.2) is 4.98 Å². The highest BCUT2D eigenvalue weighted by molar-refractivity contribution is 7.13. The molecule has 0 amide bonds. The summed E-state index contributed by atoms with van der Waals surface area (Å²) in [5.41, 5.74) is 3.29. The van der Waals surface area contributed by atoms with Crippen molar-refractivity contribution in [2.24, 2.45) is 0 Å². The number of fused-ring (bicyclic) bond motifs is 1. The molecule has 0 radical (unpaired) electrons.